The molecule has 0 amide bonds. The Kier molecular flexibility index (Phi) is 7.30. The number of aldehydes is 1. The molecule has 2 atom stereocenters. The van der Waals surface area contributed by atoms with Crippen LogP contribution in [0.1, 0.15) is 48.5 Å². The van der Waals surface area contributed by atoms with Gasteiger partial charge in [0.2, 0.25) is 0 Å². The van der Waals surface area contributed by atoms with E-state index in [2.05, 4.69) is 42.3 Å². The Morgan fingerprint density at radius 1 is 1.26 bits per heavy atom. The van der Waals surface area contributed by atoms with Crippen LogP contribution < -0.4 is 5.32 Å². The number of aryl methyl sites for hydroxylation is 2. The van der Waals surface area contributed by atoms with Gasteiger partial charge in [-0.3, -0.25) is 10.1 Å². The summed E-state index contributed by atoms with van der Waals surface area (Å²) in [5, 5.41) is 12.4. The summed E-state index contributed by atoms with van der Waals surface area (Å²) in [4.78, 5) is 27.2. The van der Waals surface area contributed by atoms with Crippen molar-refractivity contribution in [3.05, 3.63) is 52.7 Å². The number of nitrogens with zero attached hydrogens (tertiary/aromatic N) is 1. The summed E-state index contributed by atoms with van der Waals surface area (Å²) in [6.45, 7) is 8.07. The summed E-state index contributed by atoms with van der Waals surface area (Å²) in [6.07, 6.45) is 3.62. The molecule has 6 nitrogen and oxygen atoms in total. The van der Waals surface area contributed by atoms with Crippen molar-refractivity contribution in [2.45, 2.75) is 59.0 Å². The molecule has 2 N–H and O–H groups in total. The molecule has 0 bridgehead atoms. The molecular weight excluding hydrogens is 344 g/mol. The minimum atomic E-state index is -1.03. The van der Waals surface area contributed by atoms with Gasteiger partial charge in [-0.25, -0.2) is 4.98 Å². The quantitative estimate of drug-likeness (QED) is 0.623. The van der Waals surface area contributed by atoms with Crippen molar-refractivity contribution in [3.63, 3.8) is 0 Å². The van der Waals surface area contributed by atoms with E-state index in [-0.39, 0.29) is 12.3 Å². The fraction of sp³-hybridized carbons (Fsp3) is 0.476. The molecule has 0 aliphatic heterocycles. The van der Waals surface area contributed by atoms with Crippen LogP contribution in [-0.4, -0.2) is 34.4 Å². The number of rotatable bonds is 10. The van der Waals surface area contributed by atoms with E-state index in [1.165, 1.54) is 11.1 Å². The summed E-state index contributed by atoms with van der Waals surface area (Å²) in [6, 6.07) is 4.89. The van der Waals surface area contributed by atoms with E-state index >= 15 is 0 Å². The Hall–Kier alpha value is -2.47. The van der Waals surface area contributed by atoms with Crippen molar-refractivity contribution in [3.8, 4) is 0 Å². The molecular formula is C21H28N2O4. The second kappa shape index (κ2) is 9.46. The number of hydrogen-bond donors (Lipinski definition) is 2. The number of nitrogens with one attached hydrogen (secondary N) is 1. The predicted octanol–water partition coefficient (Wildman–Crippen LogP) is 3.08. The molecule has 146 valence electrons. The fourth-order valence-electron chi connectivity index (χ4n) is 3.23. The molecule has 1 heterocycles. The molecule has 0 aliphatic carbocycles. The first kappa shape index (κ1) is 20.8. The van der Waals surface area contributed by atoms with Crippen molar-refractivity contribution < 1.29 is 19.1 Å². The SMILES string of the molecule is Cc1cc(C)cc(Cc2coc(C[C@H](N[C@H](C=O)CC(C)C)C(=O)O)n2)c1. The highest BCUT2D eigenvalue weighted by Crippen LogP contribution is 2.15. The third-order valence-corrected chi connectivity index (χ3v) is 4.25. The Morgan fingerprint density at radius 3 is 2.48 bits per heavy atom. The Morgan fingerprint density at radius 2 is 1.93 bits per heavy atom. The summed E-state index contributed by atoms with van der Waals surface area (Å²) in [5.74, 6) is -0.392. The van der Waals surface area contributed by atoms with Gasteiger partial charge in [-0.1, -0.05) is 43.2 Å². The molecule has 0 fully saturated rings. The standard InChI is InChI=1S/C21H28N2O4/c1-13(2)5-17(11-24)22-19(21(25)26)10-20-23-18(12-27-20)9-16-7-14(3)6-15(4)8-16/h6-8,11-13,17,19,22H,5,9-10H2,1-4H3,(H,25,26)/t17-,19-/m0/s1. The van der Waals surface area contributed by atoms with E-state index in [0.717, 1.165) is 17.5 Å². The molecule has 0 saturated heterocycles. The molecule has 0 saturated carbocycles. The Bertz CT molecular complexity index is 762. The maximum atomic E-state index is 11.6. The van der Waals surface area contributed by atoms with Crippen LogP contribution in [0.15, 0.2) is 28.9 Å². The topological polar surface area (TPSA) is 92.4 Å². The average Bonchev–Trinajstić information content (AvgIpc) is 2.98. The zero-order valence-corrected chi connectivity index (χ0v) is 16.4. The molecule has 27 heavy (non-hydrogen) atoms. The molecule has 2 aromatic rings. The van der Waals surface area contributed by atoms with Gasteiger partial charge < -0.3 is 14.3 Å². The number of hydrogen-bond acceptors (Lipinski definition) is 5. The highest BCUT2D eigenvalue weighted by atomic mass is 16.4. The van der Waals surface area contributed by atoms with E-state index in [0.29, 0.717) is 18.7 Å². The van der Waals surface area contributed by atoms with Gasteiger partial charge in [0.1, 0.15) is 18.6 Å². The second-order valence-corrected chi connectivity index (χ2v) is 7.54. The minimum absolute atomic E-state index is 0.0879. The average molecular weight is 372 g/mol. The molecule has 2 rings (SSSR count). The first-order valence-electron chi connectivity index (χ1n) is 9.21. The van der Waals surface area contributed by atoms with Crippen LogP contribution in [0.4, 0.5) is 0 Å². The second-order valence-electron chi connectivity index (χ2n) is 7.54. The van der Waals surface area contributed by atoms with Gasteiger partial charge in [0.15, 0.2) is 5.89 Å². The van der Waals surface area contributed by atoms with Gasteiger partial charge in [-0.2, -0.15) is 0 Å². The van der Waals surface area contributed by atoms with Gasteiger partial charge in [0.05, 0.1) is 18.2 Å². The van der Waals surface area contributed by atoms with Crippen molar-refractivity contribution in [1.82, 2.24) is 10.3 Å². The Balaban J connectivity index is 2.04. The lowest BCUT2D eigenvalue weighted by atomic mass is 10.0. The first-order valence-corrected chi connectivity index (χ1v) is 9.21. The lowest BCUT2D eigenvalue weighted by molar-refractivity contribution is -0.139. The van der Waals surface area contributed by atoms with Crippen LogP contribution in [0.25, 0.3) is 0 Å². The summed E-state index contributed by atoms with van der Waals surface area (Å²) in [5.41, 5.74) is 4.27. The van der Waals surface area contributed by atoms with E-state index < -0.39 is 18.1 Å². The summed E-state index contributed by atoms with van der Waals surface area (Å²) < 4.78 is 5.47. The lowest BCUT2D eigenvalue weighted by Gasteiger charge is -2.19. The lowest BCUT2D eigenvalue weighted by Crippen LogP contribution is -2.46. The number of carboxylic acids is 1. The van der Waals surface area contributed by atoms with E-state index in [9.17, 15) is 14.7 Å². The largest absolute Gasteiger partial charge is 0.480 e. The monoisotopic (exact) mass is 372 g/mol. The van der Waals surface area contributed by atoms with Crippen molar-refractivity contribution in [2.75, 3.05) is 0 Å². The number of aliphatic carboxylic acids is 1. The molecule has 0 radical (unpaired) electrons. The van der Waals surface area contributed by atoms with Crippen LogP contribution in [-0.2, 0) is 22.4 Å². The van der Waals surface area contributed by atoms with Gasteiger partial charge in [0.25, 0.3) is 0 Å². The van der Waals surface area contributed by atoms with Crippen molar-refractivity contribution >= 4 is 12.3 Å². The van der Waals surface area contributed by atoms with Gasteiger partial charge >= 0.3 is 5.97 Å². The molecule has 0 aliphatic rings. The van der Waals surface area contributed by atoms with Crippen molar-refractivity contribution in [2.24, 2.45) is 5.92 Å². The third-order valence-electron chi connectivity index (χ3n) is 4.25. The predicted molar refractivity (Wildman–Crippen MR) is 103 cm³/mol. The molecule has 6 heteroatoms. The van der Waals surface area contributed by atoms with Crippen LogP contribution in [0, 0.1) is 19.8 Å². The molecule has 1 aromatic carbocycles. The van der Waals surface area contributed by atoms with Gasteiger partial charge in [-0.05, 0) is 31.7 Å². The highest BCUT2D eigenvalue weighted by molar-refractivity contribution is 5.74. The first-order chi connectivity index (χ1) is 12.8. The van der Waals surface area contributed by atoms with E-state index in [1.807, 2.05) is 13.8 Å². The molecule has 0 spiro atoms. The zero-order chi connectivity index (χ0) is 20.0. The number of aromatic nitrogens is 1. The number of oxazole rings is 1. The van der Waals surface area contributed by atoms with Gasteiger partial charge in [0, 0.05) is 6.42 Å². The zero-order valence-electron chi connectivity index (χ0n) is 16.4. The van der Waals surface area contributed by atoms with Crippen LogP contribution in [0.2, 0.25) is 0 Å². The normalized spacial score (nSPS) is 13.5. The van der Waals surface area contributed by atoms with Crippen LogP contribution in [0.3, 0.4) is 0 Å². The smallest absolute Gasteiger partial charge is 0.321 e. The van der Waals surface area contributed by atoms with E-state index in [1.54, 1.807) is 6.26 Å². The van der Waals surface area contributed by atoms with Crippen LogP contribution in [0.5, 0.6) is 0 Å². The van der Waals surface area contributed by atoms with Crippen molar-refractivity contribution in [1.29, 1.82) is 0 Å². The molecule has 0 unspecified atom stereocenters. The number of carboxylic acid groups (broad SMARTS) is 1. The highest BCUT2D eigenvalue weighted by Gasteiger charge is 2.24. The number of benzene rings is 1. The Labute approximate surface area is 160 Å². The molecule has 1 aromatic heterocycles. The maximum Gasteiger partial charge on any atom is 0.321 e. The maximum absolute atomic E-state index is 11.6. The number of carbonyl (C=O) groups is 2. The minimum Gasteiger partial charge on any atom is -0.480 e. The summed E-state index contributed by atoms with van der Waals surface area (Å²) >= 11 is 0. The van der Waals surface area contributed by atoms with E-state index in [4.69, 9.17) is 4.42 Å². The van der Waals surface area contributed by atoms with Gasteiger partial charge in [-0.15, -0.1) is 0 Å². The third kappa shape index (κ3) is 6.64. The fourth-order valence-corrected chi connectivity index (χ4v) is 3.23. The summed E-state index contributed by atoms with van der Waals surface area (Å²) in [7, 11) is 0. The van der Waals surface area contributed by atoms with Crippen LogP contribution >= 0.6 is 0 Å². The number of carbonyl (C=O) groups excluding carboxylic acids is 1.